The molecule has 2 fully saturated rings. The number of hydrogen-bond donors (Lipinski definition) is 1. The van der Waals surface area contributed by atoms with E-state index in [0.717, 1.165) is 36.5 Å². The standard InChI is InChI=1S/C20H22N5/c1-15-11-24(19-17-7-10-21-18(17)22-14-23-19)12-20(8-9-20)13-25(15)16-5-3-2-4-6-16/h2-5,7,10,14-15H,8-9,11-13H2,1H3,(H,21,22,23). The van der Waals surface area contributed by atoms with Gasteiger partial charge in [0.2, 0.25) is 0 Å². The summed E-state index contributed by atoms with van der Waals surface area (Å²) in [5, 5.41) is 1.12. The van der Waals surface area contributed by atoms with E-state index in [2.05, 4.69) is 55.9 Å². The lowest BCUT2D eigenvalue weighted by atomic mass is 10.1. The van der Waals surface area contributed by atoms with Gasteiger partial charge in [-0.1, -0.05) is 18.2 Å². The molecule has 5 heteroatoms. The molecular formula is C20H22N5. The van der Waals surface area contributed by atoms with Crippen molar-refractivity contribution in [3.63, 3.8) is 0 Å². The highest BCUT2D eigenvalue weighted by Crippen LogP contribution is 2.49. The molecule has 2 aromatic heterocycles. The van der Waals surface area contributed by atoms with Crippen LogP contribution in [0.4, 0.5) is 11.5 Å². The topological polar surface area (TPSA) is 48.1 Å². The summed E-state index contributed by atoms with van der Waals surface area (Å²) in [7, 11) is 0. The summed E-state index contributed by atoms with van der Waals surface area (Å²) in [4.78, 5) is 17.2. The van der Waals surface area contributed by atoms with Crippen molar-refractivity contribution in [2.75, 3.05) is 29.4 Å². The Bertz CT molecular complexity index is 883. The molecule has 1 saturated heterocycles. The van der Waals surface area contributed by atoms with Gasteiger partial charge in [-0.2, -0.15) is 0 Å². The first-order valence-electron chi connectivity index (χ1n) is 9.01. The lowest BCUT2D eigenvalue weighted by Crippen LogP contribution is -2.39. The fraction of sp³-hybridized carbons (Fsp3) is 0.400. The number of para-hydroxylation sites is 1. The summed E-state index contributed by atoms with van der Waals surface area (Å²) in [6.45, 7) is 5.44. The molecule has 2 aliphatic rings. The first kappa shape index (κ1) is 14.8. The monoisotopic (exact) mass is 332 g/mol. The zero-order valence-electron chi connectivity index (χ0n) is 14.4. The van der Waals surface area contributed by atoms with Gasteiger partial charge in [-0.25, -0.2) is 9.97 Å². The summed E-state index contributed by atoms with van der Waals surface area (Å²) in [5.41, 5.74) is 2.50. The van der Waals surface area contributed by atoms with Gasteiger partial charge in [0.15, 0.2) is 0 Å². The molecule has 0 amide bonds. The molecule has 1 aliphatic heterocycles. The Balaban J connectivity index is 1.52. The number of rotatable bonds is 2. The van der Waals surface area contributed by atoms with Gasteiger partial charge in [0.25, 0.3) is 0 Å². The van der Waals surface area contributed by atoms with Gasteiger partial charge in [0.1, 0.15) is 17.8 Å². The van der Waals surface area contributed by atoms with E-state index in [1.807, 2.05) is 18.3 Å². The smallest absolute Gasteiger partial charge is 0.142 e. The van der Waals surface area contributed by atoms with E-state index in [9.17, 15) is 0 Å². The molecule has 5 nitrogen and oxygen atoms in total. The van der Waals surface area contributed by atoms with Crippen LogP contribution < -0.4 is 9.80 Å². The third kappa shape index (κ3) is 2.54. The van der Waals surface area contributed by atoms with Gasteiger partial charge in [0, 0.05) is 49.0 Å². The number of aromatic amines is 1. The van der Waals surface area contributed by atoms with Crippen LogP contribution >= 0.6 is 0 Å². The second-order valence-electron chi connectivity index (χ2n) is 7.54. The van der Waals surface area contributed by atoms with E-state index >= 15 is 0 Å². The zero-order chi connectivity index (χ0) is 16.9. The number of aromatic nitrogens is 3. The fourth-order valence-corrected chi connectivity index (χ4v) is 4.10. The molecule has 1 N–H and O–H groups in total. The summed E-state index contributed by atoms with van der Waals surface area (Å²) >= 11 is 0. The van der Waals surface area contributed by atoms with Crippen LogP contribution in [0, 0.1) is 11.5 Å². The Morgan fingerprint density at radius 3 is 2.92 bits per heavy atom. The van der Waals surface area contributed by atoms with Gasteiger partial charge in [-0.15, -0.1) is 0 Å². The van der Waals surface area contributed by atoms with Crippen molar-refractivity contribution >= 4 is 22.5 Å². The molecule has 1 aromatic carbocycles. The van der Waals surface area contributed by atoms with Gasteiger partial charge >= 0.3 is 0 Å². The number of hydrogen-bond acceptors (Lipinski definition) is 4. The maximum absolute atomic E-state index is 4.64. The number of nitrogens with one attached hydrogen (secondary N) is 1. The molecule has 1 aliphatic carbocycles. The normalized spacial score (nSPS) is 22.4. The van der Waals surface area contributed by atoms with Crippen molar-refractivity contribution in [1.29, 1.82) is 0 Å². The number of anilines is 2. The van der Waals surface area contributed by atoms with Crippen LogP contribution in [0.25, 0.3) is 11.0 Å². The maximum atomic E-state index is 4.64. The van der Waals surface area contributed by atoms with E-state index < -0.39 is 0 Å². The van der Waals surface area contributed by atoms with E-state index in [0.29, 0.717) is 11.5 Å². The zero-order valence-corrected chi connectivity index (χ0v) is 14.4. The quantitative estimate of drug-likeness (QED) is 0.782. The molecule has 3 aromatic rings. The van der Waals surface area contributed by atoms with Gasteiger partial charge < -0.3 is 14.8 Å². The third-order valence-electron chi connectivity index (χ3n) is 5.64. The minimum absolute atomic E-state index is 0.377. The molecule has 25 heavy (non-hydrogen) atoms. The van der Waals surface area contributed by atoms with E-state index in [1.54, 1.807) is 6.33 Å². The molecule has 1 atom stereocenters. The summed E-state index contributed by atoms with van der Waals surface area (Å²) in [6, 6.07) is 14.2. The van der Waals surface area contributed by atoms with Crippen LogP contribution in [0.15, 0.2) is 42.9 Å². The minimum Gasteiger partial charge on any atom is -0.366 e. The first-order chi connectivity index (χ1) is 12.2. The lowest BCUT2D eigenvalue weighted by Gasteiger charge is -2.31. The van der Waals surface area contributed by atoms with Crippen LogP contribution in [0.1, 0.15) is 19.8 Å². The van der Waals surface area contributed by atoms with Crippen LogP contribution in [0.2, 0.25) is 0 Å². The van der Waals surface area contributed by atoms with Crippen molar-refractivity contribution < 1.29 is 0 Å². The fourth-order valence-electron chi connectivity index (χ4n) is 4.10. The van der Waals surface area contributed by atoms with Crippen molar-refractivity contribution in [2.24, 2.45) is 5.41 Å². The van der Waals surface area contributed by atoms with Crippen LogP contribution in [-0.2, 0) is 0 Å². The average Bonchev–Trinajstić information content (AvgIpc) is 3.26. The Morgan fingerprint density at radius 1 is 1.20 bits per heavy atom. The Hall–Kier alpha value is -2.56. The summed E-state index contributed by atoms with van der Waals surface area (Å²) in [5.74, 6) is 1.06. The van der Waals surface area contributed by atoms with Crippen LogP contribution in [0.5, 0.6) is 0 Å². The highest BCUT2D eigenvalue weighted by Gasteiger charge is 2.48. The molecule has 127 valence electrons. The SMILES string of the molecule is CC1CN(c2ncnc3[nH]ccc23)CC2(CC2)CN1c1[c]cccc1. The van der Waals surface area contributed by atoms with Gasteiger partial charge in [0.05, 0.1) is 5.39 Å². The maximum Gasteiger partial charge on any atom is 0.142 e. The Labute approximate surface area is 147 Å². The van der Waals surface area contributed by atoms with Crippen LogP contribution in [-0.4, -0.2) is 40.6 Å². The highest BCUT2D eigenvalue weighted by molar-refractivity contribution is 5.87. The summed E-state index contributed by atoms with van der Waals surface area (Å²) in [6.07, 6.45) is 6.20. The van der Waals surface area contributed by atoms with Crippen molar-refractivity contribution in [3.8, 4) is 0 Å². The Kier molecular flexibility index (Phi) is 3.23. The second kappa shape index (κ2) is 5.48. The highest BCUT2D eigenvalue weighted by atomic mass is 15.3. The number of H-pyrrole nitrogens is 1. The molecule has 0 bridgehead atoms. The summed E-state index contributed by atoms with van der Waals surface area (Å²) < 4.78 is 0. The van der Waals surface area contributed by atoms with Crippen molar-refractivity contribution in [1.82, 2.24) is 15.0 Å². The molecule has 1 radical (unpaired) electrons. The Morgan fingerprint density at radius 2 is 2.12 bits per heavy atom. The van der Waals surface area contributed by atoms with E-state index in [-0.39, 0.29) is 0 Å². The minimum atomic E-state index is 0.377. The molecular weight excluding hydrogens is 310 g/mol. The number of nitrogens with zero attached hydrogens (tertiary/aromatic N) is 4. The lowest BCUT2D eigenvalue weighted by molar-refractivity contribution is 0.520. The van der Waals surface area contributed by atoms with Crippen LogP contribution in [0.3, 0.4) is 0 Å². The predicted octanol–water partition coefficient (Wildman–Crippen LogP) is 3.25. The molecule has 1 unspecified atom stereocenters. The van der Waals surface area contributed by atoms with E-state index in [1.165, 1.54) is 18.5 Å². The largest absolute Gasteiger partial charge is 0.366 e. The van der Waals surface area contributed by atoms with Gasteiger partial charge in [-0.3, -0.25) is 0 Å². The van der Waals surface area contributed by atoms with Crippen molar-refractivity contribution in [3.05, 3.63) is 48.9 Å². The molecule has 5 rings (SSSR count). The van der Waals surface area contributed by atoms with E-state index in [4.69, 9.17) is 0 Å². The van der Waals surface area contributed by atoms with Crippen molar-refractivity contribution in [2.45, 2.75) is 25.8 Å². The second-order valence-corrected chi connectivity index (χ2v) is 7.54. The molecule has 3 heterocycles. The van der Waals surface area contributed by atoms with Gasteiger partial charge in [-0.05, 0) is 31.9 Å². The molecule has 1 spiro atoms. The first-order valence-corrected chi connectivity index (χ1v) is 9.01. The number of fused-ring (bicyclic) bond motifs is 1. The number of benzene rings is 1. The molecule has 1 saturated carbocycles. The predicted molar refractivity (Wildman–Crippen MR) is 99.9 cm³/mol. The third-order valence-corrected chi connectivity index (χ3v) is 5.64. The average molecular weight is 332 g/mol.